The first-order valence-electron chi connectivity index (χ1n) is 5.42. The summed E-state index contributed by atoms with van der Waals surface area (Å²) in [7, 11) is 1.79. The number of amides is 1. The van der Waals surface area contributed by atoms with Gasteiger partial charge in [-0.1, -0.05) is 0 Å². The van der Waals surface area contributed by atoms with E-state index in [0.717, 1.165) is 19.5 Å². The fourth-order valence-electron chi connectivity index (χ4n) is 1.93. The molecule has 0 spiro atoms. The Kier molecular flexibility index (Phi) is 4.90. The summed E-state index contributed by atoms with van der Waals surface area (Å²) in [6.45, 7) is 1.79. The Morgan fingerprint density at radius 3 is 2.59 bits per heavy atom. The molecule has 1 heterocycles. The van der Waals surface area contributed by atoms with Crippen LogP contribution in [0.3, 0.4) is 0 Å². The van der Waals surface area contributed by atoms with Crippen molar-refractivity contribution in [3.63, 3.8) is 0 Å². The standard InChI is InChI=1S/C12H15FN2O.ClH/c1-15(11-6-7-14-8-11)12(16)9-2-4-10(13)5-3-9;/h2-5,11,14H,6-8H2,1H3;1H. The zero-order valence-electron chi connectivity index (χ0n) is 9.65. The molecule has 1 N–H and O–H groups in total. The number of nitrogens with one attached hydrogen (secondary N) is 1. The van der Waals surface area contributed by atoms with Gasteiger partial charge in [0.05, 0.1) is 0 Å². The summed E-state index contributed by atoms with van der Waals surface area (Å²) < 4.78 is 12.7. The number of rotatable bonds is 2. The number of nitrogens with zero attached hydrogens (tertiary/aromatic N) is 1. The van der Waals surface area contributed by atoms with Gasteiger partial charge in [0.25, 0.3) is 5.91 Å². The van der Waals surface area contributed by atoms with Crippen molar-refractivity contribution >= 4 is 18.3 Å². The summed E-state index contributed by atoms with van der Waals surface area (Å²) in [5.74, 6) is -0.365. The average molecular weight is 259 g/mol. The first kappa shape index (κ1) is 13.9. The second kappa shape index (κ2) is 5.98. The van der Waals surface area contributed by atoms with Crippen LogP contribution < -0.4 is 5.32 Å². The lowest BCUT2D eigenvalue weighted by molar-refractivity contribution is 0.0744. The second-order valence-electron chi connectivity index (χ2n) is 4.07. The summed E-state index contributed by atoms with van der Waals surface area (Å²) in [4.78, 5) is 13.7. The molecule has 1 aromatic carbocycles. The molecule has 94 valence electrons. The molecule has 1 fully saturated rings. The number of hydrogen-bond donors (Lipinski definition) is 1. The maximum Gasteiger partial charge on any atom is 0.253 e. The molecule has 0 aliphatic carbocycles. The number of benzene rings is 1. The highest BCUT2D eigenvalue weighted by Gasteiger charge is 2.23. The maximum atomic E-state index is 12.7. The Morgan fingerprint density at radius 1 is 1.41 bits per heavy atom. The third-order valence-corrected chi connectivity index (χ3v) is 2.99. The minimum Gasteiger partial charge on any atom is -0.337 e. The van der Waals surface area contributed by atoms with E-state index in [9.17, 15) is 9.18 Å². The van der Waals surface area contributed by atoms with E-state index in [0.29, 0.717) is 5.56 Å². The van der Waals surface area contributed by atoms with Crippen LogP contribution in [0.4, 0.5) is 4.39 Å². The molecular weight excluding hydrogens is 243 g/mol. The molecule has 0 radical (unpaired) electrons. The number of halogens is 2. The molecule has 0 aromatic heterocycles. The van der Waals surface area contributed by atoms with Crippen LogP contribution in [0.5, 0.6) is 0 Å². The van der Waals surface area contributed by atoms with Crippen LogP contribution >= 0.6 is 12.4 Å². The highest BCUT2D eigenvalue weighted by molar-refractivity contribution is 5.94. The Bertz CT molecular complexity index is 377. The summed E-state index contributed by atoms with van der Waals surface area (Å²) in [5.41, 5.74) is 0.538. The Hall–Kier alpha value is -1.13. The van der Waals surface area contributed by atoms with Gasteiger partial charge < -0.3 is 10.2 Å². The van der Waals surface area contributed by atoms with E-state index in [-0.39, 0.29) is 30.2 Å². The molecule has 1 unspecified atom stereocenters. The average Bonchev–Trinajstić information content (AvgIpc) is 2.81. The Balaban J connectivity index is 0.00000144. The molecule has 2 rings (SSSR count). The van der Waals surface area contributed by atoms with E-state index in [4.69, 9.17) is 0 Å². The fourth-order valence-corrected chi connectivity index (χ4v) is 1.93. The van der Waals surface area contributed by atoms with Crippen molar-refractivity contribution in [2.45, 2.75) is 12.5 Å². The lowest BCUT2D eigenvalue weighted by Crippen LogP contribution is -2.38. The minimum atomic E-state index is -0.318. The first-order valence-corrected chi connectivity index (χ1v) is 5.42. The Labute approximate surface area is 106 Å². The first-order chi connectivity index (χ1) is 7.68. The summed E-state index contributed by atoms with van der Waals surface area (Å²) in [5, 5.41) is 3.21. The molecule has 17 heavy (non-hydrogen) atoms. The van der Waals surface area contributed by atoms with Crippen LogP contribution in [0.1, 0.15) is 16.8 Å². The van der Waals surface area contributed by atoms with Crippen LogP contribution in [-0.4, -0.2) is 37.0 Å². The fraction of sp³-hybridized carbons (Fsp3) is 0.417. The normalized spacial score (nSPS) is 18.6. The van der Waals surface area contributed by atoms with Gasteiger partial charge in [0, 0.05) is 25.2 Å². The summed E-state index contributed by atoms with van der Waals surface area (Å²) >= 11 is 0. The molecular formula is C12H16ClFN2O. The molecule has 3 nitrogen and oxygen atoms in total. The van der Waals surface area contributed by atoms with Gasteiger partial charge in [-0.05, 0) is 37.2 Å². The number of likely N-dealkylation sites (N-methyl/N-ethyl adjacent to an activating group) is 1. The maximum absolute atomic E-state index is 12.7. The van der Waals surface area contributed by atoms with E-state index in [1.54, 1.807) is 11.9 Å². The van der Waals surface area contributed by atoms with Gasteiger partial charge in [-0.2, -0.15) is 0 Å². The van der Waals surface area contributed by atoms with Crippen molar-refractivity contribution in [2.75, 3.05) is 20.1 Å². The second-order valence-corrected chi connectivity index (χ2v) is 4.07. The minimum absolute atomic E-state index is 0. The van der Waals surface area contributed by atoms with Gasteiger partial charge >= 0.3 is 0 Å². The highest BCUT2D eigenvalue weighted by atomic mass is 35.5. The van der Waals surface area contributed by atoms with Crippen LogP contribution in [0.25, 0.3) is 0 Å². The predicted octanol–water partition coefficient (Wildman–Crippen LogP) is 1.68. The lowest BCUT2D eigenvalue weighted by atomic mass is 10.1. The summed E-state index contributed by atoms with van der Waals surface area (Å²) in [6, 6.07) is 5.92. The van der Waals surface area contributed by atoms with E-state index in [1.807, 2.05) is 0 Å². The van der Waals surface area contributed by atoms with E-state index >= 15 is 0 Å². The van der Waals surface area contributed by atoms with Crippen LogP contribution in [0.2, 0.25) is 0 Å². The third kappa shape index (κ3) is 3.17. The monoisotopic (exact) mass is 258 g/mol. The molecule has 1 saturated heterocycles. The molecule has 0 saturated carbocycles. The molecule has 1 atom stereocenters. The van der Waals surface area contributed by atoms with Crippen LogP contribution in [0.15, 0.2) is 24.3 Å². The zero-order chi connectivity index (χ0) is 11.5. The van der Waals surface area contributed by atoms with Gasteiger partial charge in [0.15, 0.2) is 0 Å². The van der Waals surface area contributed by atoms with Crippen molar-refractivity contribution in [1.82, 2.24) is 10.2 Å². The van der Waals surface area contributed by atoms with Gasteiger partial charge in [0.1, 0.15) is 5.82 Å². The van der Waals surface area contributed by atoms with Crippen molar-refractivity contribution in [1.29, 1.82) is 0 Å². The van der Waals surface area contributed by atoms with Crippen LogP contribution in [-0.2, 0) is 0 Å². The number of carbonyl (C=O) groups is 1. The van der Waals surface area contributed by atoms with Crippen molar-refractivity contribution in [3.05, 3.63) is 35.6 Å². The number of hydrogen-bond acceptors (Lipinski definition) is 2. The topological polar surface area (TPSA) is 32.3 Å². The van der Waals surface area contributed by atoms with E-state index in [1.165, 1.54) is 24.3 Å². The van der Waals surface area contributed by atoms with E-state index < -0.39 is 0 Å². The Morgan fingerprint density at radius 2 is 2.06 bits per heavy atom. The van der Waals surface area contributed by atoms with Gasteiger partial charge in [-0.25, -0.2) is 4.39 Å². The molecule has 1 aromatic rings. The molecule has 0 bridgehead atoms. The van der Waals surface area contributed by atoms with E-state index in [2.05, 4.69) is 5.32 Å². The molecule has 1 aliphatic heterocycles. The quantitative estimate of drug-likeness (QED) is 0.876. The largest absolute Gasteiger partial charge is 0.337 e. The lowest BCUT2D eigenvalue weighted by Gasteiger charge is -2.23. The van der Waals surface area contributed by atoms with Crippen LogP contribution in [0, 0.1) is 5.82 Å². The molecule has 5 heteroatoms. The van der Waals surface area contributed by atoms with Crippen molar-refractivity contribution < 1.29 is 9.18 Å². The predicted molar refractivity (Wildman–Crippen MR) is 67.0 cm³/mol. The van der Waals surface area contributed by atoms with Gasteiger partial charge in [0.2, 0.25) is 0 Å². The zero-order valence-corrected chi connectivity index (χ0v) is 10.5. The van der Waals surface area contributed by atoms with Gasteiger partial charge in [-0.15, -0.1) is 12.4 Å². The molecule has 1 aliphatic rings. The summed E-state index contributed by atoms with van der Waals surface area (Å²) in [6.07, 6.45) is 0.976. The number of carbonyl (C=O) groups excluding carboxylic acids is 1. The molecule has 1 amide bonds. The van der Waals surface area contributed by atoms with Crippen molar-refractivity contribution in [2.24, 2.45) is 0 Å². The highest BCUT2D eigenvalue weighted by Crippen LogP contribution is 2.11. The van der Waals surface area contributed by atoms with Crippen molar-refractivity contribution in [3.8, 4) is 0 Å². The smallest absolute Gasteiger partial charge is 0.253 e. The SMILES string of the molecule is CN(C(=O)c1ccc(F)cc1)C1CCNC1.Cl. The van der Waals surface area contributed by atoms with Gasteiger partial charge in [-0.3, -0.25) is 4.79 Å². The third-order valence-electron chi connectivity index (χ3n) is 2.99.